The molecule has 3 heterocycles. The first kappa shape index (κ1) is 25.2. The van der Waals surface area contributed by atoms with Crippen LogP contribution >= 0.6 is 23.2 Å². The Balaban J connectivity index is 1.31. The molecule has 2 atom stereocenters. The molecule has 2 fully saturated rings. The van der Waals surface area contributed by atoms with E-state index in [1.165, 1.54) is 16.4 Å². The molecule has 34 heavy (non-hydrogen) atoms. The molecule has 0 radical (unpaired) electrons. The third-order valence-electron chi connectivity index (χ3n) is 6.04. The zero-order valence-corrected chi connectivity index (χ0v) is 20.9. The van der Waals surface area contributed by atoms with Gasteiger partial charge in [0.05, 0.1) is 15.6 Å². The van der Waals surface area contributed by atoms with Crippen LogP contribution in [0.2, 0.25) is 0 Å². The number of carbonyl (C=O) groups excluding carboxylic acids is 1. The number of hydrogen-bond acceptors (Lipinski definition) is 6. The first-order valence-electron chi connectivity index (χ1n) is 11.1. The number of urea groups is 1. The Kier molecular flexibility index (Phi) is 8.28. The van der Waals surface area contributed by atoms with Crippen molar-refractivity contribution in [3.63, 3.8) is 0 Å². The monoisotopic (exact) mass is 526 g/mol. The van der Waals surface area contributed by atoms with E-state index in [0.29, 0.717) is 51.5 Å². The van der Waals surface area contributed by atoms with Gasteiger partial charge in [0.2, 0.25) is 10.0 Å². The van der Waals surface area contributed by atoms with Gasteiger partial charge in [-0.25, -0.2) is 13.2 Å². The van der Waals surface area contributed by atoms with Crippen molar-refractivity contribution in [2.45, 2.75) is 28.2 Å². The number of nitrogens with zero attached hydrogens (tertiary/aromatic N) is 3. The van der Waals surface area contributed by atoms with Gasteiger partial charge in [0.25, 0.3) is 0 Å². The summed E-state index contributed by atoms with van der Waals surface area (Å²) in [5, 5.41) is 8.43. The molecule has 0 bridgehead atoms. The molecule has 1 aromatic carbocycles. The summed E-state index contributed by atoms with van der Waals surface area (Å²) < 4.78 is 27.7. The zero-order valence-electron chi connectivity index (χ0n) is 18.5. The van der Waals surface area contributed by atoms with Crippen molar-refractivity contribution in [3.05, 3.63) is 54.4 Å². The molecule has 9 nitrogen and oxygen atoms in total. The average molecular weight is 527 g/mol. The Morgan fingerprint density at radius 2 is 1.74 bits per heavy atom. The number of halogens is 2. The molecule has 2 amide bonds. The number of benzene rings is 1. The number of anilines is 1. The Morgan fingerprint density at radius 1 is 1.06 bits per heavy atom. The van der Waals surface area contributed by atoms with Crippen molar-refractivity contribution in [2.24, 2.45) is 0 Å². The van der Waals surface area contributed by atoms with Gasteiger partial charge in [-0.1, -0.05) is 6.07 Å². The molecule has 0 spiro atoms. The highest BCUT2D eigenvalue weighted by molar-refractivity contribution is 7.89. The number of piperidine rings is 1. The topological polar surface area (TPSA) is 107 Å². The first-order valence-corrected chi connectivity index (χ1v) is 13.4. The lowest BCUT2D eigenvalue weighted by Gasteiger charge is -2.44. The van der Waals surface area contributed by atoms with Crippen LogP contribution in [0.3, 0.4) is 0 Å². The molecule has 3 N–H and O–H groups in total. The molecule has 2 aliphatic rings. The lowest BCUT2D eigenvalue weighted by atomic mass is 10.0. The van der Waals surface area contributed by atoms with E-state index in [-0.39, 0.29) is 27.7 Å². The molecule has 12 heteroatoms. The fraction of sp³-hybridized carbons (Fsp3) is 0.455. The third-order valence-corrected chi connectivity index (χ3v) is 8.78. The SMILES string of the molecule is O=C(NCc1cccnc1)Nc1ccc(S(=O)(=O)N2CCN(C3C(Cl)CNCC3Cl)CC2)cc1. The quantitative estimate of drug-likeness (QED) is 0.496. The minimum absolute atomic E-state index is 0.0177. The van der Waals surface area contributed by atoms with Crippen molar-refractivity contribution in [1.29, 1.82) is 0 Å². The van der Waals surface area contributed by atoms with Crippen LogP contribution in [0.5, 0.6) is 0 Å². The second kappa shape index (κ2) is 11.2. The van der Waals surface area contributed by atoms with Crippen LogP contribution in [0.1, 0.15) is 5.56 Å². The van der Waals surface area contributed by atoms with Gasteiger partial charge >= 0.3 is 6.03 Å². The number of hydrogen-bond donors (Lipinski definition) is 3. The van der Waals surface area contributed by atoms with Crippen molar-refractivity contribution >= 4 is 44.9 Å². The first-order chi connectivity index (χ1) is 16.3. The van der Waals surface area contributed by atoms with Gasteiger partial charge in [-0.3, -0.25) is 9.88 Å². The number of sulfonamides is 1. The number of pyridine rings is 1. The summed E-state index contributed by atoms with van der Waals surface area (Å²) in [6.45, 7) is 3.61. The number of aromatic nitrogens is 1. The van der Waals surface area contributed by atoms with E-state index in [0.717, 1.165) is 5.56 Å². The summed E-state index contributed by atoms with van der Waals surface area (Å²) in [6, 6.07) is 9.47. The smallest absolute Gasteiger partial charge is 0.319 e. The molecule has 0 aliphatic carbocycles. The molecule has 2 aromatic rings. The van der Waals surface area contributed by atoms with Crippen LogP contribution in [-0.2, 0) is 16.6 Å². The summed E-state index contributed by atoms with van der Waals surface area (Å²) in [5.74, 6) is 0. The summed E-state index contributed by atoms with van der Waals surface area (Å²) in [5.41, 5.74) is 1.38. The largest absolute Gasteiger partial charge is 0.334 e. The van der Waals surface area contributed by atoms with Gasteiger partial charge in [-0.05, 0) is 35.9 Å². The maximum Gasteiger partial charge on any atom is 0.319 e. The normalized spacial score (nSPS) is 24.5. The van der Waals surface area contributed by atoms with Crippen molar-refractivity contribution in [2.75, 3.05) is 44.6 Å². The van der Waals surface area contributed by atoms with Gasteiger partial charge < -0.3 is 16.0 Å². The van der Waals surface area contributed by atoms with E-state index in [9.17, 15) is 13.2 Å². The van der Waals surface area contributed by atoms with Crippen LogP contribution in [0.25, 0.3) is 0 Å². The van der Waals surface area contributed by atoms with Crippen LogP contribution in [0.15, 0.2) is 53.7 Å². The standard InChI is InChI=1S/C22H28Cl2N6O3S/c23-19-14-26-15-20(24)21(19)29-8-10-30(11-9-29)34(32,33)18-5-3-17(4-6-18)28-22(31)27-13-16-2-1-7-25-12-16/h1-7,12,19-21,26H,8-11,13-15H2,(H2,27,28,31). The maximum atomic E-state index is 13.1. The summed E-state index contributed by atoms with van der Waals surface area (Å²) in [4.78, 5) is 18.5. The van der Waals surface area contributed by atoms with E-state index >= 15 is 0 Å². The predicted molar refractivity (Wildman–Crippen MR) is 133 cm³/mol. The second-order valence-corrected chi connectivity index (χ2v) is 11.4. The predicted octanol–water partition coefficient (Wildman–Crippen LogP) is 1.90. The minimum atomic E-state index is -3.64. The Hall–Kier alpha value is -1.95. The van der Waals surface area contributed by atoms with Crippen molar-refractivity contribution in [3.8, 4) is 0 Å². The second-order valence-electron chi connectivity index (χ2n) is 8.31. The number of piperazine rings is 1. The Bertz CT molecular complexity index is 1060. The van der Waals surface area contributed by atoms with Gasteiger partial charge in [-0.15, -0.1) is 23.2 Å². The Labute approximate surface area is 209 Å². The van der Waals surface area contributed by atoms with Gasteiger partial charge in [0.15, 0.2) is 0 Å². The molecule has 4 rings (SSSR count). The molecule has 1 aromatic heterocycles. The molecule has 0 saturated carbocycles. The third kappa shape index (κ3) is 5.99. The van der Waals surface area contributed by atoms with Crippen molar-refractivity contribution < 1.29 is 13.2 Å². The lowest BCUT2D eigenvalue weighted by molar-refractivity contribution is 0.120. The highest BCUT2D eigenvalue weighted by Gasteiger charge is 2.38. The molecule has 184 valence electrons. The van der Waals surface area contributed by atoms with E-state index in [4.69, 9.17) is 23.2 Å². The number of nitrogens with one attached hydrogen (secondary N) is 3. The lowest BCUT2D eigenvalue weighted by Crippen LogP contribution is -2.61. The number of carbonyl (C=O) groups is 1. The van der Waals surface area contributed by atoms with E-state index in [2.05, 4.69) is 25.8 Å². The van der Waals surface area contributed by atoms with Crippen LogP contribution in [-0.4, -0.2) is 84.7 Å². The highest BCUT2D eigenvalue weighted by Crippen LogP contribution is 2.25. The molecular formula is C22H28Cl2N6O3S. The minimum Gasteiger partial charge on any atom is -0.334 e. The number of rotatable bonds is 6. The van der Waals surface area contributed by atoms with Gasteiger partial charge in [-0.2, -0.15) is 4.31 Å². The van der Waals surface area contributed by atoms with Crippen LogP contribution in [0.4, 0.5) is 10.5 Å². The molecule has 2 unspecified atom stereocenters. The van der Waals surface area contributed by atoms with E-state index in [1.54, 1.807) is 30.6 Å². The van der Waals surface area contributed by atoms with Crippen LogP contribution < -0.4 is 16.0 Å². The van der Waals surface area contributed by atoms with Crippen molar-refractivity contribution in [1.82, 2.24) is 24.8 Å². The maximum absolute atomic E-state index is 13.1. The fourth-order valence-electron chi connectivity index (χ4n) is 4.25. The Morgan fingerprint density at radius 3 is 2.35 bits per heavy atom. The summed E-state index contributed by atoms with van der Waals surface area (Å²) in [6.07, 6.45) is 3.34. The molecular weight excluding hydrogens is 499 g/mol. The molecule has 2 saturated heterocycles. The molecule has 2 aliphatic heterocycles. The van der Waals surface area contributed by atoms with E-state index in [1.807, 2.05) is 6.07 Å². The fourth-order valence-corrected chi connectivity index (χ4v) is 6.63. The number of alkyl halides is 2. The summed E-state index contributed by atoms with van der Waals surface area (Å²) in [7, 11) is -3.64. The highest BCUT2D eigenvalue weighted by atomic mass is 35.5. The van der Waals surface area contributed by atoms with Gasteiger partial charge in [0, 0.05) is 69.9 Å². The van der Waals surface area contributed by atoms with E-state index < -0.39 is 10.0 Å². The van der Waals surface area contributed by atoms with Gasteiger partial charge in [0.1, 0.15) is 0 Å². The number of amides is 2. The average Bonchev–Trinajstić information content (AvgIpc) is 2.84. The van der Waals surface area contributed by atoms with Crippen LogP contribution in [0, 0.1) is 0 Å². The zero-order chi connectivity index (χ0) is 24.1. The summed E-state index contributed by atoms with van der Waals surface area (Å²) >= 11 is 13.0.